The van der Waals surface area contributed by atoms with Crippen LogP contribution in [0.15, 0.2) is 48.5 Å². The van der Waals surface area contributed by atoms with Gasteiger partial charge in [0.05, 0.1) is 7.11 Å². The zero-order chi connectivity index (χ0) is 19.7. The van der Waals surface area contributed by atoms with Crippen LogP contribution in [0, 0.1) is 0 Å². The maximum atomic E-state index is 13.0. The first kappa shape index (κ1) is 18.3. The standard InChI is InChI=1S/C22H25N3O3/c1-16(25-15-17-6-3-4-9-20(17)22(25)27)21(26)24-12-10-23(11-13-24)18-7-5-8-19(14-18)28-2/h3-9,14,16H,10-13,15H2,1-2H3. The van der Waals surface area contributed by atoms with Crippen LogP contribution in [0.25, 0.3) is 0 Å². The third-order valence-corrected chi connectivity index (χ3v) is 5.68. The van der Waals surface area contributed by atoms with E-state index in [1.807, 2.05) is 54.3 Å². The van der Waals surface area contributed by atoms with Crippen LogP contribution in [0.1, 0.15) is 22.8 Å². The summed E-state index contributed by atoms with van der Waals surface area (Å²) in [5.41, 5.74) is 2.81. The summed E-state index contributed by atoms with van der Waals surface area (Å²) >= 11 is 0. The van der Waals surface area contributed by atoms with E-state index in [0.717, 1.165) is 30.1 Å². The van der Waals surface area contributed by atoms with E-state index in [-0.39, 0.29) is 11.8 Å². The molecule has 4 rings (SSSR count). The lowest BCUT2D eigenvalue weighted by Crippen LogP contribution is -2.54. The van der Waals surface area contributed by atoms with Crippen LogP contribution in [-0.2, 0) is 11.3 Å². The van der Waals surface area contributed by atoms with E-state index in [0.29, 0.717) is 25.2 Å². The molecule has 0 N–H and O–H groups in total. The summed E-state index contributed by atoms with van der Waals surface area (Å²) in [6.07, 6.45) is 0. The van der Waals surface area contributed by atoms with Crippen molar-refractivity contribution in [2.75, 3.05) is 38.2 Å². The second-order valence-electron chi connectivity index (χ2n) is 7.28. The first-order chi connectivity index (χ1) is 13.6. The smallest absolute Gasteiger partial charge is 0.255 e. The topological polar surface area (TPSA) is 53.1 Å². The van der Waals surface area contributed by atoms with Crippen molar-refractivity contribution >= 4 is 17.5 Å². The molecule has 0 bridgehead atoms. The van der Waals surface area contributed by atoms with Crippen LogP contribution >= 0.6 is 0 Å². The SMILES string of the molecule is COc1cccc(N2CCN(C(=O)C(C)N3Cc4ccccc4C3=O)CC2)c1. The minimum atomic E-state index is -0.455. The first-order valence-electron chi connectivity index (χ1n) is 9.65. The molecule has 1 unspecified atom stereocenters. The van der Waals surface area contributed by atoms with E-state index in [1.54, 1.807) is 12.0 Å². The Morgan fingerprint density at radius 1 is 1.04 bits per heavy atom. The number of fused-ring (bicyclic) bond motifs is 1. The molecule has 6 heteroatoms. The normalized spacial score (nSPS) is 17.5. The summed E-state index contributed by atoms with van der Waals surface area (Å²) in [7, 11) is 1.66. The molecule has 1 atom stereocenters. The molecule has 2 aliphatic heterocycles. The largest absolute Gasteiger partial charge is 0.497 e. The molecule has 0 aliphatic carbocycles. The third kappa shape index (κ3) is 3.30. The Morgan fingerprint density at radius 3 is 2.50 bits per heavy atom. The van der Waals surface area contributed by atoms with Crippen molar-refractivity contribution in [1.29, 1.82) is 0 Å². The van der Waals surface area contributed by atoms with Crippen molar-refractivity contribution in [3.63, 3.8) is 0 Å². The van der Waals surface area contributed by atoms with Crippen molar-refractivity contribution < 1.29 is 14.3 Å². The van der Waals surface area contributed by atoms with Crippen molar-refractivity contribution in [2.45, 2.75) is 19.5 Å². The molecular formula is C22H25N3O3. The summed E-state index contributed by atoms with van der Waals surface area (Å²) in [5.74, 6) is 0.801. The van der Waals surface area contributed by atoms with Crippen molar-refractivity contribution in [1.82, 2.24) is 9.80 Å². The zero-order valence-corrected chi connectivity index (χ0v) is 16.3. The van der Waals surface area contributed by atoms with Crippen molar-refractivity contribution in [3.8, 4) is 5.75 Å². The highest BCUT2D eigenvalue weighted by molar-refractivity contribution is 6.01. The molecule has 28 heavy (non-hydrogen) atoms. The summed E-state index contributed by atoms with van der Waals surface area (Å²) in [6, 6.07) is 15.1. The quantitative estimate of drug-likeness (QED) is 0.819. The number of methoxy groups -OCH3 is 1. The third-order valence-electron chi connectivity index (χ3n) is 5.68. The van der Waals surface area contributed by atoms with Gasteiger partial charge in [-0.1, -0.05) is 24.3 Å². The lowest BCUT2D eigenvalue weighted by Gasteiger charge is -2.38. The van der Waals surface area contributed by atoms with Gasteiger partial charge in [0.15, 0.2) is 0 Å². The number of hydrogen-bond acceptors (Lipinski definition) is 4. The molecule has 2 aromatic carbocycles. The average Bonchev–Trinajstić information content (AvgIpc) is 3.09. The predicted molar refractivity (Wildman–Crippen MR) is 108 cm³/mol. The van der Waals surface area contributed by atoms with Gasteiger partial charge in [-0.15, -0.1) is 0 Å². The number of anilines is 1. The van der Waals surface area contributed by atoms with Crippen LogP contribution in [0.5, 0.6) is 5.75 Å². The van der Waals surface area contributed by atoms with Gasteiger partial charge in [0, 0.05) is 50.0 Å². The van der Waals surface area contributed by atoms with Gasteiger partial charge < -0.3 is 19.4 Å². The molecule has 2 aromatic rings. The van der Waals surface area contributed by atoms with Crippen LogP contribution in [0.4, 0.5) is 5.69 Å². The van der Waals surface area contributed by atoms with E-state index in [1.165, 1.54) is 0 Å². The van der Waals surface area contributed by atoms with E-state index in [2.05, 4.69) is 11.0 Å². The van der Waals surface area contributed by atoms with Gasteiger partial charge in [0.25, 0.3) is 5.91 Å². The summed E-state index contributed by atoms with van der Waals surface area (Å²) < 4.78 is 5.30. The predicted octanol–water partition coefficient (Wildman–Crippen LogP) is 2.39. The number of piperazine rings is 1. The minimum Gasteiger partial charge on any atom is -0.497 e. The van der Waals surface area contributed by atoms with Gasteiger partial charge in [0.1, 0.15) is 11.8 Å². The fourth-order valence-electron chi connectivity index (χ4n) is 3.98. The van der Waals surface area contributed by atoms with Gasteiger partial charge in [-0.05, 0) is 30.7 Å². The van der Waals surface area contributed by atoms with E-state index >= 15 is 0 Å². The van der Waals surface area contributed by atoms with E-state index < -0.39 is 6.04 Å². The number of carbonyl (C=O) groups is 2. The highest BCUT2D eigenvalue weighted by Crippen LogP contribution is 2.26. The van der Waals surface area contributed by atoms with Gasteiger partial charge in [0.2, 0.25) is 5.91 Å². The van der Waals surface area contributed by atoms with Gasteiger partial charge in [-0.2, -0.15) is 0 Å². The average molecular weight is 379 g/mol. The summed E-state index contributed by atoms with van der Waals surface area (Å²) in [6.45, 7) is 5.16. The highest BCUT2D eigenvalue weighted by Gasteiger charge is 2.36. The van der Waals surface area contributed by atoms with Crippen molar-refractivity contribution in [2.24, 2.45) is 0 Å². The van der Waals surface area contributed by atoms with E-state index in [4.69, 9.17) is 4.74 Å². The second-order valence-corrected chi connectivity index (χ2v) is 7.28. The number of benzene rings is 2. The van der Waals surface area contributed by atoms with Gasteiger partial charge in [-0.25, -0.2) is 0 Å². The molecule has 0 saturated carbocycles. The highest BCUT2D eigenvalue weighted by atomic mass is 16.5. The molecule has 1 fully saturated rings. The Morgan fingerprint density at radius 2 is 1.79 bits per heavy atom. The monoisotopic (exact) mass is 379 g/mol. The fraction of sp³-hybridized carbons (Fsp3) is 0.364. The Bertz CT molecular complexity index is 890. The van der Waals surface area contributed by atoms with Crippen LogP contribution in [-0.4, -0.2) is 60.9 Å². The summed E-state index contributed by atoms with van der Waals surface area (Å²) in [5, 5.41) is 0. The Hall–Kier alpha value is -3.02. The molecule has 2 aliphatic rings. The van der Waals surface area contributed by atoms with Crippen LogP contribution < -0.4 is 9.64 Å². The zero-order valence-electron chi connectivity index (χ0n) is 16.3. The number of carbonyl (C=O) groups excluding carboxylic acids is 2. The van der Waals surface area contributed by atoms with Gasteiger partial charge >= 0.3 is 0 Å². The fourth-order valence-corrected chi connectivity index (χ4v) is 3.98. The van der Waals surface area contributed by atoms with Crippen LogP contribution in [0.2, 0.25) is 0 Å². The molecule has 0 radical (unpaired) electrons. The molecule has 2 amide bonds. The Labute approximate surface area is 165 Å². The maximum Gasteiger partial charge on any atom is 0.255 e. The minimum absolute atomic E-state index is 0.0199. The molecule has 1 saturated heterocycles. The molecule has 0 aromatic heterocycles. The molecule has 0 spiro atoms. The number of nitrogens with zero attached hydrogens (tertiary/aromatic N) is 3. The number of amides is 2. The maximum absolute atomic E-state index is 13.0. The van der Waals surface area contributed by atoms with Crippen LogP contribution in [0.3, 0.4) is 0 Å². The Balaban J connectivity index is 1.38. The Kier molecular flexibility index (Phi) is 4.94. The first-order valence-corrected chi connectivity index (χ1v) is 9.65. The van der Waals surface area contributed by atoms with Crippen molar-refractivity contribution in [3.05, 3.63) is 59.7 Å². The number of hydrogen-bond donors (Lipinski definition) is 0. The second kappa shape index (κ2) is 7.54. The molecular weight excluding hydrogens is 354 g/mol. The van der Waals surface area contributed by atoms with Gasteiger partial charge in [-0.3, -0.25) is 9.59 Å². The molecule has 146 valence electrons. The molecule has 2 heterocycles. The number of ether oxygens (including phenoxy) is 1. The lowest BCUT2D eigenvalue weighted by molar-refractivity contribution is -0.136. The number of rotatable bonds is 4. The molecule has 6 nitrogen and oxygen atoms in total. The van der Waals surface area contributed by atoms with E-state index in [9.17, 15) is 9.59 Å². The lowest BCUT2D eigenvalue weighted by atomic mass is 10.1. The summed E-state index contributed by atoms with van der Waals surface area (Å²) in [4.78, 5) is 31.5.